The molecule has 7 nitrogen and oxygen atoms in total. The highest BCUT2D eigenvalue weighted by atomic mass is 35.5. The van der Waals surface area contributed by atoms with E-state index < -0.39 is 0 Å². The molecule has 0 saturated carbocycles. The van der Waals surface area contributed by atoms with Gasteiger partial charge in [0.05, 0.1) is 24.4 Å². The van der Waals surface area contributed by atoms with Crippen molar-refractivity contribution in [3.05, 3.63) is 40.7 Å². The Labute approximate surface area is 158 Å². The van der Waals surface area contributed by atoms with Crippen LogP contribution in [0.25, 0.3) is 0 Å². The van der Waals surface area contributed by atoms with Gasteiger partial charge in [0.15, 0.2) is 5.96 Å². The number of benzene rings is 1. The van der Waals surface area contributed by atoms with Crippen LogP contribution < -0.4 is 20.7 Å². The molecule has 0 aliphatic carbocycles. The second-order valence-corrected chi connectivity index (χ2v) is 6.58. The van der Waals surface area contributed by atoms with Gasteiger partial charge < -0.3 is 20.7 Å². The monoisotopic (exact) mass is 374 g/mol. The third-order valence-corrected chi connectivity index (χ3v) is 4.42. The Balaban J connectivity index is 1.67. The maximum Gasteiger partial charge on any atom is 0.225 e. The molecular formula is C18H23ClN6O. The summed E-state index contributed by atoms with van der Waals surface area (Å²) in [5.74, 6) is 1.69. The van der Waals surface area contributed by atoms with Gasteiger partial charge in [-0.2, -0.15) is 0 Å². The van der Waals surface area contributed by atoms with Gasteiger partial charge in [-0.1, -0.05) is 11.6 Å². The Bertz CT molecular complexity index is 804. The molecule has 1 aliphatic heterocycles. The van der Waals surface area contributed by atoms with Crippen molar-refractivity contribution in [1.82, 2.24) is 9.97 Å². The average molecular weight is 375 g/mol. The maximum atomic E-state index is 6.12. The van der Waals surface area contributed by atoms with Gasteiger partial charge in [-0.3, -0.25) is 0 Å². The lowest BCUT2D eigenvalue weighted by molar-refractivity contribution is 0.415. The van der Waals surface area contributed by atoms with Crippen LogP contribution in [0.1, 0.15) is 24.2 Å². The first-order valence-corrected chi connectivity index (χ1v) is 8.93. The van der Waals surface area contributed by atoms with Gasteiger partial charge in [-0.05, 0) is 44.0 Å². The number of hydrogen-bond donors (Lipinski definition) is 2. The molecule has 26 heavy (non-hydrogen) atoms. The van der Waals surface area contributed by atoms with Crippen molar-refractivity contribution < 1.29 is 4.74 Å². The lowest BCUT2D eigenvalue weighted by Crippen LogP contribution is -2.23. The molecule has 0 unspecified atom stereocenters. The molecule has 138 valence electrons. The van der Waals surface area contributed by atoms with Crippen LogP contribution >= 0.6 is 11.6 Å². The first kappa shape index (κ1) is 18.3. The van der Waals surface area contributed by atoms with Gasteiger partial charge in [-0.25, -0.2) is 15.0 Å². The lowest BCUT2D eigenvalue weighted by Gasteiger charge is -2.16. The third-order valence-electron chi connectivity index (χ3n) is 4.12. The molecule has 0 atom stereocenters. The van der Waals surface area contributed by atoms with E-state index in [1.807, 2.05) is 19.1 Å². The predicted molar refractivity (Wildman–Crippen MR) is 105 cm³/mol. The molecule has 8 heteroatoms. The van der Waals surface area contributed by atoms with Crippen molar-refractivity contribution in [2.24, 2.45) is 10.7 Å². The van der Waals surface area contributed by atoms with Crippen molar-refractivity contribution >= 4 is 29.2 Å². The number of hydrogen-bond acceptors (Lipinski definition) is 5. The molecule has 0 amide bonds. The number of aliphatic imine (C=N–C) groups is 1. The summed E-state index contributed by atoms with van der Waals surface area (Å²) in [5, 5.41) is 3.53. The number of guanidine groups is 1. The Morgan fingerprint density at radius 2 is 2.08 bits per heavy atom. The zero-order valence-electron chi connectivity index (χ0n) is 15.0. The van der Waals surface area contributed by atoms with Crippen LogP contribution in [0.15, 0.2) is 29.3 Å². The minimum Gasteiger partial charge on any atom is -0.495 e. The molecule has 2 aromatic rings. The number of anilines is 2. The Morgan fingerprint density at radius 1 is 1.31 bits per heavy atom. The fourth-order valence-corrected chi connectivity index (χ4v) is 3.11. The number of halogens is 1. The molecule has 0 bridgehead atoms. The first-order valence-electron chi connectivity index (χ1n) is 8.55. The van der Waals surface area contributed by atoms with Crippen LogP contribution in [0.3, 0.4) is 0 Å². The molecule has 3 rings (SSSR count). The van der Waals surface area contributed by atoms with E-state index in [1.54, 1.807) is 19.2 Å². The van der Waals surface area contributed by atoms with Gasteiger partial charge in [0.1, 0.15) is 5.75 Å². The Kier molecular flexibility index (Phi) is 5.78. The van der Waals surface area contributed by atoms with E-state index in [2.05, 4.69) is 25.2 Å². The van der Waals surface area contributed by atoms with Crippen LogP contribution in [0, 0.1) is 6.92 Å². The van der Waals surface area contributed by atoms with E-state index in [4.69, 9.17) is 22.1 Å². The van der Waals surface area contributed by atoms with E-state index in [0.29, 0.717) is 23.3 Å². The summed E-state index contributed by atoms with van der Waals surface area (Å²) < 4.78 is 5.14. The van der Waals surface area contributed by atoms with Gasteiger partial charge in [0.2, 0.25) is 5.95 Å². The largest absolute Gasteiger partial charge is 0.495 e. The molecule has 2 heterocycles. The number of ether oxygens (including phenoxy) is 1. The van der Waals surface area contributed by atoms with E-state index in [-0.39, 0.29) is 0 Å². The molecule has 1 aromatic carbocycles. The standard InChI is InChI=1S/C18H23ClN6O/c1-12-9-14(24-18(22-12)25-7-3-4-8-25)11-21-17(20)23-13-5-6-16(26-2)15(19)10-13/h5-6,9-10H,3-4,7-8,11H2,1-2H3,(H3,20,21,23). The molecule has 1 aromatic heterocycles. The SMILES string of the molecule is COc1ccc(NC(N)=NCc2cc(C)nc(N3CCCC3)n2)cc1Cl. The molecule has 0 spiro atoms. The highest BCUT2D eigenvalue weighted by molar-refractivity contribution is 6.32. The van der Waals surface area contributed by atoms with Crippen LogP contribution in [0.4, 0.5) is 11.6 Å². The number of nitrogens with two attached hydrogens (primary N) is 1. The maximum absolute atomic E-state index is 6.12. The molecule has 3 N–H and O–H groups in total. The number of nitrogens with zero attached hydrogens (tertiary/aromatic N) is 4. The minimum absolute atomic E-state index is 0.297. The van der Waals surface area contributed by atoms with Crippen LogP contribution in [-0.2, 0) is 6.54 Å². The van der Waals surface area contributed by atoms with E-state index in [1.165, 1.54) is 12.8 Å². The number of nitrogens with one attached hydrogen (secondary N) is 1. The average Bonchev–Trinajstić information content (AvgIpc) is 3.14. The van der Waals surface area contributed by atoms with E-state index in [0.717, 1.165) is 36.1 Å². The summed E-state index contributed by atoms with van der Waals surface area (Å²) in [6, 6.07) is 7.27. The highest BCUT2D eigenvalue weighted by Crippen LogP contribution is 2.27. The normalized spacial score (nSPS) is 14.6. The zero-order valence-corrected chi connectivity index (χ0v) is 15.8. The number of methoxy groups -OCH3 is 1. The van der Waals surface area contributed by atoms with Crippen LogP contribution in [0.5, 0.6) is 5.75 Å². The molecule has 1 aliphatic rings. The topological polar surface area (TPSA) is 88.7 Å². The second-order valence-electron chi connectivity index (χ2n) is 6.17. The molecular weight excluding hydrogens is 352 g/mol. The molecule has 0 radical (unpaired) electrons. The van der Waals surface area contributed by atoms with Gasteiger partial charge in [-0.15, -0.1) is 0 Å². The van der Waals surface area contributed by atoms with E-state index >= 15 is 0 Å². The van der Waals surface area contributed by atoms with Crippen molar-refractivity contribution in [3.63, 3.8) is 0 Å². The fraction of sp³-hybridized carbons (Fsp3) is 0.389. The molecule has 1 fully saturated rings. The van der Waals surface area contributed by atoms with Gasteiger partial charge in [0.25, 0.3) is 0 Å². The first-order chi connectivity index (χ1) is 12.5. The van der Waals surface area contributed by atoms with Gasteiger partial charge >= 0.3 is 0 Å². The number of rotatable bonds is 5. The van der Waals surface area contributed by atoms with Crippen LogP contribution in [-0.4, -0.2) is 36.1 Å². The predicted octanol–water partition coefficient (Wildman–Crippen LogP) is 2.97. The summed E-state index contributed by atoms with van der Waals surface area (Å²) in [4.78, 5) is 15.7. The van der Waals surface area contributed by atoms with Crippen molar-refractivity contribution in [2.75, 3.05) is 30.4 Å². The summed E-state index contributed by atoms with van der Waals surface area (Å²) in [6.45, 7) is 4.37. The second kappa shape index (κ2) is 8.23. The van der Waals surface area contributed by atoms with Crippen molar-refractivity contribution in [1.29, 1.82) is 0 Å². The van der Waals surface area contributed by atoms with Crippen molar-refractivity contribution in [3.8, 4) is 5.75 Å². The Morgan fingerprint density at radius 3 is 2.77 bits per heavy atom. The summed E-state index contributed by atoms with van der Waals surface area (Å²) in [7, 11) is 1.57. The lowest BCUT2D eigenvalue weighted by atomic mass is 10.3. The summed E-state index contributed by atoms with van der Waals surface area (Å²) >= 11 is 6.12. The van der Waals surface area contributed by atoms with Crippen LogP contribution in [0.2, 0.25) is 5.02 Å². The number of aromatic nitrogens is 2. The minimum atomic E-state index is 0.297. The number of aryl methyl sites for hydroxylation is 1. The summed E-state index contributed by atoms with van der Waals surface area (Å²) in [6.07, 6.45) is 2.37. The smallest absolute Gasteiger partial charge is 0.225 e. The quantitative estimate of drug-likeness (QED) is 0.617. The van der Waals surface area contributed by atoms with E-state index in [9.17, 15) is 0 Å². The van der Waals surface area contributed by atoms with Crippen molar-refractivity contribution in [2.45, 2.75) is 26.3 Å². The third kappa shape index (κ3) is 4.54. The summed E-state index contributed by atoms with van der Waals surface area (Å²) in [5.41, 5.74) is 8.50. The fourth-order valence-electron chi connectivity index (χ4n) is 2.85. The Hall–Kier alpha value is -2.54. The zero-order chi connectivity index (χ0) is 18.5. The van der Waals surface area contributed by atoms with Gasteiger partial charge in [0, 0.05) is 24.5 Å². The molecule has 1 saturated heterocycles. The highest BCUT2D eigenvalue weighted by Gasteiger charge is 2.15.